The van der Waals surface area contributed by atoms with Gasteiger partial charge in [-0.05, 0) is 100 Å². The fourth-order valence-electron chi connectivity index (χ4n) is 6.87. The summed E-state index contributed by atoms with van der Waals surface area (Å²) in [5.41, 5.74) is 5.74. The molecular formula is C43H38O. The lowest BCUT2D eigenvalue weighted by Crippen LogP contribution is -2.28. The van der Waals surface area contributed by atoms with Crippen molar-refractivity contribution in [2.75, 3.05) is 0 Å². The highest BCUT2D eigenvalue weighted by Gasteiger charge is 2.35. The minimum Gasteiger partial charge on any atom is -0.289 e. The minimum atomic E-state index is -0.320. The molecule has 0 heterocycles. The van der Waals surface area contributed by atoms with Crippen molar-refractivity contribution in [1.82, 2.24) is 0 Å². The van der Waals surface area contributed by atoms with E-state index in [9.17, 15) is 4.79 Å². The molecule has 1 heteroatoms. The van der Waals surface area contributed by atoms with E-state index in [1.807, 2.05) is 0 Å². The van der Waals surface area contributed by atoms with Crippen LogP contribution >= 0.6 is 0 Å². The van der Waals surface area contributed by atoms with Gasteiger partial charge in [-0.15, -0.1) is 0 Å². The van der Waals surface area contributed by atoms with Crippen molar-refractivity contribution >= 4 is 54.4 Å². The molecule has 0 saturated heterocycles. The van der Waals surface area contributed by atoms with Gasteiger partial charge < -0.3 is 0 Å². The molecule has 0 atom stereocenters. The summed E-state index contributed by atoms with van der Waals surface area (Å²) >= 11 is 0. The minimum absolute atomic E-state index is 0.152. The third-order valence-corrected chi connectivity index (χ3v) is 9.04. The van der Waals surface area contributed by atoms with Crippen molar-refractivity contribution < 1.29 is 4.79 Å². The second kappa shape index (κ2) is 10.2. The van der Waals surface area contributed by atoms with E-state index >= 15 is 0 Å². The third kappa shape index (κ3) is 4.59. The molecular weight excluding hydrogens is 532 g/mol. The van der Waals surface area contributed by atoms with Crippen LogP contribution in [0.4, 0.5) is 0 Å². The number of fused-ring (bicyclic) bond motifs is 4. The molecule has 6 aromatic carbocycles. The molecule has 0 bridgehead atoms. The van der Waals surface area contributed by atoms with Gasteiger partial charge in [-0.1, -0.05) is 139 Å². The zero-order chi connectivity index (χ0) is 30.8. The van der Waals surface area contributed by atoms with Crippen LogP contribution in [-0.2, 0) is 4.79 Å². The van der Waals surface area contributed by atoms with Gasteiger partial charge in [0.15, 0.2) is 5.78 Å². The van der Waals surface area contributed by atoms with Crippen LogP contribution in [0.1, 0.15) is 52.7 Å². The summed E-state index contributed by atoms with van der Waals surface area (Å²) in [7, 11) is 0. The predicted molar refractivity (Wildman–Crippen MR) is 189 cm³/mol. The molecule has 0 amide bonds. The van der Waals surface area contributed by atoms with Crippen molar-refractivity contribution in [2.24, 2.45) is 10.8 Å². The number of carbonyl (C=O) groups is 1. The molecule has 0 N–H and O–H groups in total. The Hall–Kier alpha value is -4.75. The molecule has 44 heavy (non-hydrogen) atoms. The predicted octanol–water partition coefficient (Wildman–Crippen LogP) is 11.6. The Morgan fingerprint density at radius 2 is 0.750 bits per heavy atom. The van der Waals surface area contributed by atoms with E-state index in [1.54, 1.807) is 0 Å². The maximum absolute atomic E-state index is 14.2. The molecule has 1 nitrogen and oxygen atoms in total. The molecule has 0 fully saturated rings. The van der Waals surface area contributed by atoms with Gasteiger partial charge in [-0.25, -0.2) is 0 Å². The topological polar surface area (TPSA) is 17.1 Å². The smallest absolute Gasteiger partial charge is 0.186 e. The summed E-state index contributed by atoms with van der Waals surface area (Å²) < 4.78 is 0. The second-order valence-electron chi connectivity index (χ2n) is 14.2. The summed E-state index contributed by atoms with van der Waals surface area (Å²) in [4.78, 5) is 14.2. The van der Waals surface area contributed by atoms with Crippen LogP contribution in [-0.4, -0.2) is 5.78 Å². The molecule has 7 rings (SSSR count). The van der Waals surface area contributed by atoms with Crippen LogP contribution in [0.15, 0.2) is 138 Å². The van der Waals surface area contributed by atoms with Gasteiger partial charge in [0.1, 0.15) is 0 Å². The Bertz CT molecular complexity index is 1970. The van der Waals surface area contributed by atoms with Crippen LogP contribution in [0, 0.1) is 10.8 Å². The molecule has 216 valence electrons. The highest BCUT2D eigenvalue weighted by molar-refractivity contribution is 6.21. The number of rotatable bonds is 2. The number of ketones is 1. The molecule has 1 aliphatic rings. The standard InChI is InChI=1S/C43H38O/c1-42(2,3)36-25-31(26-37(41(36)44)43(4,5)6)38(39-32-19-11-7-15-27(32)23-28-16-8-12-20-33(28)39)40-34-21-13-9-17-29(34)24-30-18-10-14-22-35(30)40/h7-26H,1-6H3. The molecule has 0 aromatic heterocycles. The largest absolute Gasteiger partial charge is 0.289 e. The number of allylic oxidation sites excluding steroid dienone is 5. The summed E-state index contributed by atoms with van der Waals surface area (Å²) in [6.45, 7) is 12.9. The van der Waals surface area contributed by atoms with E-state index < -0.39 is 0 Å². The van der Waals surface area contributed by atoms with Gasteiger partial charge in [0, 0.05) is 11.1 Å². The number of hydrogen-bond acceptors (Lipinski definition) is 1. The van der Waals surface area contributed by atoms with E-state index in [0.29, 0.717) is 0 Å². The van der Waals surface area contributed by atoms with Gasteiger partial charge in [0.25, 0.3) is 0 Å². The van der Waals surface area contributed by atoms with E-state index in [2.05, 4.69) is 163 Å². The van der Waals surface area contributed by atoms with Gasteiger partial charge in [0.05, 0.1) is 0 Å². The van der Waals surface area contributed by atoms with E-state index in [-0.39, 0.29) is 16.6 Å². The van der Waals surface area contributed by atoms with Gasteiger partial charge in [0.2, 0.25) is 0 Å². The molecule has 6 aromatic rings. The number of hydrogen-bond donors (Lipinski definition) is 0. The lowest BCUT2D eigenvalue weighted by atomic mass is 9.70. The van der Waals surface area contributed by atoms with E-state index in [0.717, 1.165) is 16.7 Å². The zero-order valence-electron chi connectivity index (χ0n) is 26.5. The number of carbonyl (C=O) groups excluding carboxylic acids is 1. The fourth-order valence-corrected chi connectivity index (χ4v) is 6.87. The zero-order valence-corrected chi connectivity index (χ0v) is 26.5. The summed E-state index contributed by atoms with van der Waals surface area (Å²) in [5.74, 6) is 0.152. The molecule has 0 saturated carbocycles. The van der Waals surface area contributed by atoms with Crippen LogP contribution in [0.2, 0.25) is 0 Å². The summed E-state index contributed by atoms with van der Waals surface area (Å²) in [6.07, 6.45) is 4.39. The van der Waals surface area contributed by atoms with Gasteiger partial charge in [-0.2, -0.15) is 0 Å². The second-order valence-corrected chi connectivity index (χ2v) is 14.2. The Balaban J connectivity index is 1.80. The van der Waals surface area contributed by atoms with Crippen LogP contribution in [0.3, 0.4) is 0 Å². The first-order valence-electron chi connectivity index (χ1n) is 15.6. The maximum atomic E-state index is 14.2. The normalized spacial score (nSPS) is 14.4. The summed E-state index contributed by atoms with van der Waals surface area (Å²) in [6, 6.07) is 39.5. The van der Waals surface area contributed by atoms with Crippen molar-refractivity contribution in [1.29, 1.82) is 0 Å². The Kier molecular flexibility index (Phi) is 6.48. The van der Waals surface area contributed by atoms with Crippen molar-refractivity contribution in [3.05, 3.63) is 149 Å². The monoisotopic (exact) mass is 570 g/mol. The van der Waals surface area contributed by atoms with Crippen molar-refractivity contribution in [3.8, 4) is 0 Å². The Morgan fingerprint density at radius 1 is 0.455 bits per heavy atom. The third-order valence-electron chi connectivity index (χ3n) is 9.04. The van der Waals surface area contributed by atoms with Crippen molar-refractivity contribution in [3.63, 3.8) is 0 Å². The molecule has 1 aliphatic carbocycles. The Morgan fingerprint density at radius 3 is 1.05 bits per heavy atom. The van der Waals surface area contributed by atoms with Crippen molar-refractivity contribution in [2.45, 2.75) is 41.5 Å². The summed E-state index contributed by atoms with van der Waals surface area (Å²) in [5, 5.41) is 9.65. The number of Topliss-reactive ketones (excluding diaryl/α,β-unsaturated/α-hetero) is 1. The highest BCUT2D eigenvalue weighted by Crippen LogP contribution is 2.47. The van der Waals surface area contributed by atoms with Crippen LogP contribution in [0.5, 0.6) is 0 Å². The average molecular weight is 571 g/mol. The SMILES string of the molecule is CC(C)(C)C1=CC(=C(c2c3ccccc3cc3ccccc23)c2c3ccccc3cc3ccccc23)C=C(C(C)(C)C)C1=O. The van der Waals surface area contributed by atoms with Gasteiger partial charge >= 0.3 is 0 Å². The number of benzene rings is 6. The average Bonchev–Trinajstić information content (AvgIpc) is 2.99. The van der Waals surface area contributed by atoms with E-state index in [4.69, 9.17) is 0 Å². The lowest BCUT2D eigenvalue weighted by Gasteiger charge is -2.32. The molecule has 0 aliphatic heterocycles. The first kappa shape index (κ1) is 28.0. The van der Waals surface area contributed by atoms with Crippen LogP contribution in [0.25, 0.3) is 48.7 Å². The fraction of sp³-hybridized carbons (Fsp3) is 0.186. The molecule has 0 radical (unpaired) electrons. The Labute approximate surface area is 260 Å². The first-order valence-corrected chi connectivity index (χ1v) is 15.6. The van der Waals surface area contributed by atoms with Gasteiger partial charge in [-0.3, -0.25) is 4.79 Å². The highest BCUT2D eigenvalue weighted by atomic mass is 16.1. The lowest BCUT2D eigenvalue weighted by molar-refractivity contribution is -0.114. The van der Waals surface area contributed by atoms with Crippen LogP contribution < -0.4 is 0 Å². The first-order chi connectivity index (χ1) is 21.0. The quantitative estimate of drug-likeness (QED) is 0.189. The molecule has 0 unspecified atom stereocenters. The maximum Gasteiger partial charge on any atom is 0.186 e. The molecule has 0 spiro atoms. The van der Waals surface area contributed by atoms with E-state index in [1.165, 1.54) is 59.8 Å².